The topological polar surface area (TPSA) is 56.5 Å². The average Bonchev–Trinajstić information content (AvgIpc) is 2.19. The van der Waals surface area contributed by atoms with Gasteiger partial charge in [0.05, 0.1) is 25.4 Å². The van der Waals surface area contributed by atoms with E-state index in [-0.39, 0.29) is 12.7 Å². The van der Waals surface area contributed by atoms with E-state index in [1.165, 1.54) is 0 Å². The van der Waals surface area contributed by atoms with Gasteiger partial charge in [-0.25, -0.2) is 0 Å². The fraction of sp³-hybridized carbons (Fsp3) is 0.889. The summed E-state index contributed by atoms with van der Waals surface area (Å²) in [6.07, 6.45) is 1.49. The zero-order valence-electron chi connectivity index (χ0n) is 7.78. The van der Waals surface area contributed by atoms with Gasteiger partial charge in [-0.15, -0.1) is 0 Å². The first kappa shape index (κ1) is 10.5. The molecule has 1 atom stereocenters. The normalized spacial score (nSPS) is 24.2. The van der Waals surface area contributed by atoms with E-state index in [1.807, 2.05) is 0 Å². The third kappa shape index (κ3) is 3.73. The Morgan fingerprint density at radius 2 is 2.46 bits per heavy atom. The van der Waals surface area contributed by atoms with E-state index >= 15 is 0 Å². The Bertz CT molecular complexity index is 179. The van der Waals surface area contributed by atoms with Crippen molar-refractivity contribution in [1.29, 1.82) is 5.26 Å². The molecule has 13 heavy (non-hydrogen) atoms. The zero-order valence-corrected chi connectivity index (χ0v) is 7.78. The van der Waals surface area contributed by atoms with Gasteiger partial charge in [0.2, 0.25) is 0 Å². The number of ether oxygens (including phenoxy) is 1. The third-order valence-corrected chi connectivity index (χ3v) is 2.19. The van der Waals surface area contributed by atoms with Gasteiger partial charge in [0.25, 0.3) is 0 Å². The molecule has 0 radical (unpaired) electrons. The molecule has 0 aliphatic carbocycles. The summed E-state index contributed by atoms with van der Waals surface area (Å²) in [5.74, 6) is 0. The maximum absolute atomic E-state index is 8.88. The van der Waals surface area contributed by atoms with Gasteiger partial charge in [0.1, 0.15) is 0 Å². The van der Waals surface area contributed by atoms with Gasteiger partial charge in [-0.1, -0.05) is 0 Å². The molecular formula is C9H16N2O2. The minimum Gasteiger partial charge on any atom is -0.394 e. The van der Waals surface area contributed by atoms with Crippen molar-refractivity contribution in [3.05, 3.63) is 0 Å². The van der Waals surface area contributed by atoms with Crippen LogP contribution in [0.4, 0.5) is 0 Å². The van der Waals surface area contributed by atoms with E-state index in [0.29, 0.717) is 13.0 Å². The summed E-state index contributed by atoms with van der Waals surface area (Å²) in [6.45, 7) is 3.43. The molecule has 0 bridgehead atoms. The number of hydrogen-bond acceptors (Lipinski definition) is 4. The largest absolute Gasteiger partial charge is 0.394 e. The summed E-state index contributed by atoms with van der Waals surface area (Å²) in [5, 5.41) is 17.2. The van der Waals surface area contributed by atoms with Gasteiger partial charge in [0.15, 0.2) is 0 Å². The summed E-state index contributed by atoms with van der Waals surface area (Å²) in [5.41, 5.74) is 0. The predicted octanol–water partition coefficient (Wildman–Crippen LogP) is -0.0167. The molecule has 1 fully saturated rings. The Hall–Kier alpha value is -0.630. The molecule has 1 aliphatic rings. The molecule has 1 heterocycles. The van der Waals surface area contributed by atoms with E-state index in [2.05, 4.69) is 11.0 Å². The highest BCUT2D eigenvalue weighted by Crippen LogP contribution is 2.05. The van der Waals surface area contributed by atoms with E-state index in [4.69, 9.17) is 15.1 Å². The van der Waals surface area contributed by atoms with Gasteiger partial charge in [-0.05, 0) is 13.0 Å². The minimum atomic E-state index is -0.0316. The number of hydrogen-bond donors (Lipinski definition) is 1. The smallest absolute Gasteiger partial charge is 0.0932 e. The number of rotatable bonds is 4. The number of aliphatic hydroxyl groups is 1. The molecule has 74 valence electrons. The van der Waals surface area contributed by atoms with E-state index in [0.717, 1.165) is 26.1 Å². The molecule has 4 nitrogen and oxygen atoms in total. The second kappa shape index (κ2) is 5.92. The molecule has 1 N–H and O–H groups in total. The predicted molar refractivity (Wildman–Crippen MR) is 48.1 cm³/mol. The molecule has 0 aromatic heterocycles. The minimum absolute atomic E-state index is 0.0316. The fourth-order valence-corrected chi connectivity index (χ4v) is 1.48. The number of nitrogens with zero attached hydrogens (tertiary/aromatic N) is 2. The van der Waals surface area contributed by atoms with Crippen LogP contribution in [0.25, 0.3) is 0 Å². The Morgan fingerprint density at radius 1 is 1.62 bits per heavy atom. The summed E-state index contributed by atoms with van der Waals surface area (Å²) in [6, 6.07) is 2.13. The van der Waals surface area contributed by atoms with E-state index in [1.54, 1.807) is 0 Å². The number of morpholine rings is 1. The summed E-state index contributed by atoms with van der Waals surface area (Å²) in [4.78, 5) is 2.24. The van der Waals surface area contributed by atoms with Crippen molar-refractivity contribution in [2.45, 2.75) is 18.9 Å². The number of aliphatic hydroxyl groups excluding tert-OH is 1. The van der Waals surface area contributed by atoms with Crippen LogP contribution in [0.15, 0.2) is 0 Å². The highest BCUT2D eigenvalue weighted by molar-refractivity contribution is 4.74. The lowest BCUT2D eigenvalue weighted by Crippen LogP contribution is -2.44. The Balaban J connectivity index is 2.15. The van der Waals surface area contributed by atoms with Crippen LogP contribution in [0.5, 0.6) is 0 Å². The lowest BCUT2D eigenvalue weighted by molar-refractivity contribution is -0.0527. The van der Waals surface area contributed by atoms with E-state index < -0.39 is 0 Å². The van der Waals surface area contributed by atoms with Crippen LogP contribution in [0.2, 0.25) is 0 Å². The molecule has 4 heteroatoms. The van der Waals surface area contributed by atoms with Gasteiger partial charge in [-0.2, -0.15) is 5.26 Å². The third-order valence-electron chi connectivity index (χ3n) is 2.19. The Labute approximate surface area is 78.7 Å². The molecule has 0 aromatic carbocycles. The maximum Gasteiger partial charge on any atom is 0.0932 e. The summed E-state index contributed by atoms with van der Waals surface area (Å²) < 4.78 is 5.31. The molecule has 0 amide bonds. The molecule has 0 saturated carbocycles. The first-order valence-electron chi connectivity index (χ1n) is 4.68. The molecular weight excluding hydrogens is 168 g/mol. The first-order valence-corrected chi connectivity index (χ1v) is 4.68. The summed E-state index contributed by atoms with van der Waals surface area (Å²) >= 11 is 0. The van der Waals surface area contributed by atoms with Gasteiger partial charge >= 0.3 is 0 Å². The molecule has 0 aromatic rings. The van der Waals surface area contributed by atoms with Crippen molar-refractivity contribution in [3.8, 4) is 6.07 Å². The van der Waals surface area contributed by atoms with Crippen LogP contribution in [0, 0.1) is 11.3 Å². The van der Waals surface area contributed by atoms with Crippen LogP contribution < -0.4 is 0 Å². The van der Waals surface area contributed by atoms with Crippen molar-refractivity contribution < 1.29 is 9.84 Å². The van der Waals surface area contributed by atoms with Gasteiger partial charge in [0, 0.05) is 19.5 Å². The SMILES string of the molecule is N#CCCCN1CCOC(CO)C1. The van der Waals surface area contributed by atoms with Crippen molar-refractivity contribution in [2.24, 2.45) is 0 Å². The Morgan fingerprint density at radius 3 is 3.15 bits per heavy atom. The molecule has 1 saturated heterocycles. The van der Waals surface area contributed by atoms with Crippen molar-refractivity contribution in [2.75, 3.05) is 32.8 Å². The quantitative estimate of drug-likeness (QED) is 0.624. The van der Waals surface area contributed by atoms with Crippen LogP contribution in [0.1, 0.15) is 12.8 Å². The average molecular weight is 184 g/mol. The second-order valence-electron chi connectivity index (χ2n) is 3.24. The van der Waals surface area contributed by atoms with Crippen molar-refractivity contribution in [3.63, 3.8) is 0 Å². The zero-order chi connectivity index (χ0) is 9.52. The lowest BCUT2D eigenvalue weighted by Gasteiger charge is -2.31. The highest BCUT2D eigenvalue weighted by Gasteiger charge is 2.18. The monoisotopic (exact) mass is 184 g/mol. The van der Waals surface area contributed by atoms with Crippen LogP contribution in [-0.4, -0.2) is 49.0 Å². The maximum atomic E-state index is 8.88. The molecule has 1 aliphatic heterocycles. The van der Waals surface area contributed by atoms with Crippen molar-refractivity contribution >= 4 is 0 Å². The van der Waals surface area contributed by atoms with Crippen LogP contribution in [-0.2, 0) is 4.74 Å². The second-order valence-corrected chi connectivity index (χ2v) is 3.24. The summed E-state index contributed by atoms with van der Waals surface area (Å²) in [7, 11) is 0. The van der Waals surface area contributed by atoms with Crippen molar-refractivity contribution in [1.82, 2.24) is 4.90 Å². The van der Waals surface area contributed by atoms with Crippen LogP contribution in [0.3, 0.4) is 0 Å². The first-order chi connectivity index (χ1) is 6.36. The number of nitriles is 1. The fourth-order valence-electron chi connectivity index (χ4n) is 1.48. The van der Waals surface area contributed by atoms with Gasteiger partial charge in [-0.3, -0.25) is 4.90 Å². The standard InChI is InChI=1S/C9H16N2O2/c10-3-1-2-4-11-5-6-13-9(7-11)8-12/h9,12H,1-2,4-8H2. The lowest BCUT2D eigenvalue weighted by atomic mass is 10.2. The molecule has 1 rings (SSSR count). The molecule has 1 unspecified atom stereocenters. The van der Waals surface area contributed by atoms with Gasteiger partial charge < -0.3 is 9.84 Å². The highest BCUT2D eigenvalue weighted by atomic mass is 16.5. The van der Waals surface area contributed by atoms with Crippen LogP contribution >= 0.6 is 0 Å². The molecule has 0 spiro atoms. The Kier molecular flexibility index (Phi) is 4.76. The van der Waals surface area contributed by atoms with E-state index in [9.17, 15) is 0 Å². The number of unbranched alkanes of at least 4 members (excludes halogenated alkanes) is 1.